The van der Waals surface area contributed by atoms with Crippen molar-refractivity contribution in [3.05, 3.63) is 23.8 Å². The van der Waals surface area contributed by atoms with Crippen molar-refractivity contribution in [3.63, 3.8) is 0 Å². The van der Waals surface area contributed by atoms with Crippen LogP contribution in [0.15, 0.2) is 18.2 Å². The van der Waals surface area contributed by atoms with E-state index in [4.69, 9.17) is 19.9 Å². The molecular formula is C12H19NO3. The zero-order valence-electron chi connectivity index (χ0n) is 9.86. The molecule has 0 atom stereocenters. The summed E-state index contributed by atoms with van der Waals surface area (Å²) in [6.07, 6.45) is 0. The van der Waals surface area contributed by atoms with Gasteiger partial charge in [0, 0.05) is 18.4 Å². The number of methoxy groups -OCH3 is 1. The first-order valence-electron chi connectivity index (χ1n) is 5.35. The third-order valence-corrected chi connectivity index (χ3v) is 2.07. The number of hydrogen-bond donors (Lipinski definition) is 1. The lowest BCUT2D eigenvalue weighted by Gasteiger charge is -2.11. The summed E-state index contributed by atoms with van der Waals surface area (Å²) in [5.41, 5.74) is 7.41. The highest BCUT2D eigenvalue weighted by Gasteiger charge is 2.04. The molecule has 0 aliphatic carbocycles. The van der Waals surface area contributed by atoms with Crippen molar-refractivity contribution in [2.75, 3.05) is 32.7 Å². The Hall–Kier alpha value is -1.26. The van der Waals surface area contributed by atoms with Crippen LogP contribution in [-0.4, -0.2) is 26.9 Å². The lowest BCUT2D eigenvalue weighted by atomic mass is 10.2. The van der Waals surface area contributed by atoms with Crippen LogP contribution in [0.1, 0.15) is 12.5 Å². The van der Waals surface area contributed by atoms with Crippen LogP contribution in [-0.2, 0) is 16.1 Å². The molecule has 0 bridgehead atoms. The Bertz CT molecular complexity index is 315. The number of nitrogens with two attached hydrogens (primary N) is 1. The summed E-state index contributed by atoms with van der Waals surface area (Å²) in [7, 11) is 1.65. The topological polar surface area (TPSA) is 53.7 Å². The summed E-state index contributed by atoms with van der Waals surface area (Å²) in [5, 5.41) is 0. The third kappa shape index (κ3) is 4.08. The fourth-order valence-electron chi connectivity index (χ4n) is 1.33. The van der Waals surface area contributed by atoms with Gasteiger partial charge in [-0.15, -0.1) is 0 Å². The molecule has 0 saturated carbocycles. The molecule has 0 fully saturated rings. The summed E-state index contributed by atoms with van der Waals surface area (Å²) in [6.45, 7) is 4.23. The summed E-state index contributed by atoms with van der Waals surface area (Å²) in [5.74, 6) is 0.828. The average Bonchev–Trinajstić information content (AvgIpc) is 2.28. The molecule has 1 aromatic carbocycles. The Labute approximate surface area is 96.3 Å². The van der Waals surface area contributed by atoms with Crippen molar-refractivity contribution in [2.24, 2.45) is 0 Å². The van der Waals surface area contributed by atoms with Gasteiger partial charge in [0.15, 0.2) is 0 Å². The van der Waals surface area contributed by atoms with E-state index >= 15 is 0 Å². The van der Waals surface area contributed by atoms with Crippen LogP contribution >= 0.6 is 0 Å². The van der Waals surface area contributed by atoms with E-state index in [2.05, 4.69) is 0 Å². The second kappa shape index (κ2) is 7.09. The monoisotopic (exact) mass is 225 g/mol. The molecule has 0 saturated heterocycles. The molecule has 0 unspecified atom stereocenters. The first kappa shape index (κ1) is 12.8. The molecule has 0 aromatic heterocycles. The van der Waals surface area contributed by atoms with Gasteiger partial charge in [-0.3, -0.25) is 0 Å². The molecule has 0 spiro atoms. The molecule has 4 nitrogen and oxygen atoms in total. The van der Waals surface area contributed by atoms with Gasteiger partial charge in [-0.25, -0.2) is 0 Å². The minimum Gasteiger partial charge on any atom is -0.494 e. The maximum Gasteiger partial charge on any atom is 0.124 e. The second-order valence-corrected chi connectivity index (χ2v) is 3.35. The standard InChI is InChI=1S/C12H19NO3/c1-3-16-12-5-4-11(13)8-10(12)9-15-7-6-14-2/h4-5,8H,3,6-7,9,13H2,1-2H3. The number of nitrogen functional groups attached to an aromatic ring is 1. The summed E-state index contributed by atoms with van der Waals surface area (Å²) in [6, 6.07) is 5.56. The lowest BCUT2D eigenvalue weighted by molar-refractivity contribution is 0.0606. The van der Waals surface area contributed by atoms with E-state index in [0.29, 0.717) is 32.1 Å². The van der Waals surface area contributed by atoms with Crippen LogP contribution in [0.25, 0.3) is 0 Å². The Balaban J connectivity index is 2.57. The van der Waals surface area contributed by atoms with E-state index in [9.17, 15) is 0 Å². The first-order chi connectivity index (χ1) is 7.77. The van der Waals surface area contributed by atoms with Gasteiger partial charge in [0.25, 0.3) is 0 Å². The van der Waals surface area contributed by atoms with E-state index in [1.807, 2.05) is 25.1 Å². The number of benzene rings is 1. The Morgan fingerprint density at radius 3 is 2.75 bits per heavy atom. The van der Waals surface area contributed by atoms with Crippen LogP contribution in [0.5, 0.6) is 5.75 Å². The fraction of sp³-hybridized carbons (Fsp3) is 0.500. The molecule has 0 amide bonds. The SMILES string of the molecule is CCOc1ccc(N)cc1COCCOC. The van der Waals surface area contributed by atoms with Crippen molar-refractivity contribution in [2.45, 2.75) is 13.5 Å². The van der Waals surface area contributed by atoms with Gasteiger partial charge < -0.3 is 19.9 Å². The largest absolute Gasteiger partial charge is 0.494 e. The molecule has 1 rings (SSSR count). The number of anilines is 1. The van der Waals surface area contributed by atoms with E-state index in [1.165, 1.54) is 0 Å². The van der Waals surface area contributed by atoms with Crippen LogP contribution in [0.3, 0.4) is 0 Å². The van der Waals surface area contributed by atoms with Gasteiger partial charge in [-0.2, -0.15) is 0 Å². The van der Waals surface area contributed by atoms with Gasteiger partial charge in [0.1, 0.15) is 5.75 Å². The van der Waals surface area contributed by atoms with Crippen LogP contribution in [0.2, 0.25) is 0 Å². The number of hydrogen-bond acceptors (Lipinski definition) is 4. The minimum atomic E-state index is 0.490. The van der Waals surface area contributed by atoms with Crippen molar-refractivity contribution in [1.29, 1.82) is 0 Å². The van der Waals surface area contributed by atoms with E-state index in [0.717, 1.165) is 11.3 Å². The highest BCUT2D eigenvalue weighted by molar-refractivity contribution is 5.47. The van der Waals surface area contributed by atoms with E-state index < -0.39 is 0 Å². The zero-order valence-corrected chi connectivity index (χ0v) is 9.86. The molecular weight excluding hydrogens is 206 g/mol. The van der Waals surface area contributed by atoms with Gasteiger partial charge in [0.05, 0.1) is 26.4 Å². The average molecular weight is 225 g/mol. The smallest absolute Gasteiger partial charge is 0.124 e. The molecule has 0 heterocycles. The molecule has 90 valence electrons. The molecule has 0 aliphatic rings. The van der Waals surface area contributed by atoms with Crippen LogP contribution < -0.4 is 10.5 Å². The van der Waals surface area contributed by atoms with Gasteiger partial charge in [0.2, 0.25) is 0 Å². The maximum atomic E-state index is 5.72. The van der Waals surface area contributed by atoms with Crippen molar-refractivity contribution in [3.8, 4) is 5.75 Å². The first-order valence-corrected chi connectivity index (χ1v) is 5.35. The Kier molecular flexibility index (Phi) is 5.67. The van der Waals surface area contributed by atoms with Gasteiger partial charge in [-0.1, -0.05) is 0 Å². The quantitative estimate of drug-likeness (QED) is 0.568. The maximum absolute atomic E-state index is 5.72. The zero-order chi connectivity index (χ0) is 11.8. The Morgan fingerprint density at radius 2 is 2.06 bits per heavy atom. The van der Waals surface area contributed by atoms with Gasteiger partial charge in [-0.05, 0) is 25.1 Å². The fourth-order valence-corrected chi connectivity index (χ4v) is 1.33. The number of rotatable bonds is 7. The molecule has 2 N–H and O–H groups in total. The summed E-state index contributed by atoms with van der Waals surface area (Å²) < 4.78 is 15.8. The molecule has 0 aliphatic heterocycles. The predicted octanol–water partition coefficient (Wildman–Crippen LogP) is 1.83. The summed E-state index contributed by atoms with van der Waals surface area (Å²) >= 11 is 0. The van der Waals surface area contributed by atoms with Crippen molar-refractivity contribution in [1.82, 2.24) is 0 Å². The summed E-state index contributed by atoms with van der Waals surface area (Å²) in [4.78, 5) is 0. The normalized spacial score (nSPS) is 10.4. The predicted molar refractivity (Wildman–Crippen MR) is 63.6 cm³/mol. The molecule has 1 aromatic rings. The van der Waals surface area contributed by atoms with Crippen LogP contribution in [0, 0.1) is 0 Å². The molecule has 4 heteroatoms. The van der Waals surface area contributed by atoms with Crippen LogP contribution in [0.4, 0.5) is 5.69 Å². The highest BCUT2D eigenvalue weighted by Crippen LogP contribution is 2.22. The number of ether oxygens (including phenoxy) is 3. The van der Waals surface area contributed by atoms with Gasteiger partial charge >= 0.3 is 0 Å². The van der Waals surface area contributed by atoms with E-state index in [-0.39, 0.29) is 0 Å². The minimum absolute atomic E-state index is 0.490. The third-order valence-electron chi connectivity index (χ3n) is 2.07. The van der Waals surface area contributed by atoms with Crippen molar-refractivity contribution >= 4 is 5.69 Å². The molecule has 0 radical (unpaired) electrons. The highest BCUT2D eigenvalue weighted by atomic mass is 16.5. The van der Waals surface area contributed by atoms with Crippen molar-refractivity contribution < 1.29 is 14.2 Å². The Morgan fingerprint density at radius 1 is 1.25 bits per heavy atom. The second-order valence-electron chi connectivity index (χ2n) is 3.35. The van der Waals surface area contributed by atoms with E-state index in [1.54, 1.807) is 7.11 Å². The molecule has 16 heavy (non-hydrogen) atoms. The lowest BCUT2D eigenvalue weighted by Crippen LogP contribution is -2.04.